The average molecular weight is 250 g/mol. The van der Waals surface area contributed by atoms with Crippen LogP contribution >= 0.6 is 0 Å². The number of carbonyl (C=O) groups excluding carboxylic acids is 1. The van der Waals surface area contributed by atoms with Crippen molar-refractivity contribution < 1.29 is 9.21 Å². The Morgan fingerprint density at radius 3 is 2.78 bits per heavy atom. The number of amides is 1. The SMILES string of the molecule is Cc1ccc(C(C)NC(=O)CNC2CCCC2)o1. The van der Waals surface area contributed by atoms with E-state index in [4.69, 9.17) is 4.42 Å². The van der Waals surface area contributed by atoms with E-state index in [0.29, 0.717) is 12.6 Å². The summed E-state index contributed by atoms with van der Waals surface area (Å²) in [6, 6.07) is 4.27. The van der Waals surface area contributed by atoms with E-state index in [1.807, 2.05) is 26.0 Å². The standard InChI is InChI=1S/C14H22N2O2/c1-10-7-8-13(18-10)11(2)16-14(17)9-15-12-5-3-4-6-12/h7-8,11-12,15H,3-6,9H2,1-2H3,(H,16,17). The van der Waals surface area contributed by atoms with Gasteiger partial charge in [-0.1, -0.05) is 12.8 Å². The van der Waals surface area contributed by atoms with Crippen LogP contribution in [-0.4, -0.2) is 18.5 Å². The van der Waals surface area contributed by atoms with E-state index in [0.717, 1.165) is 11.5 Å². The fourth-order valence-corrected chi connectivity index (χ4v) is 2.42. The number of rotatable bonds is 5. The Labute approximate surface area is 108 Å². The van der Waals surface area contributed by atoms with Crippen LogP contribution in [0.25, 0.3) is 0 Å². The summed E-state index contributed by atoms with van der Waals surface area (Å²) < 4.78 is 5.49. The average Bonchev–Trinajstić information content (AvgIpc) is 2.97. The topological polar surface area (TPSA) is 54.3 Å². The Kier molecular flexibility index (Phi) is 4.42. The molecule has 0 bridgehead atoms. The van der Waals surface area contributed by atoms with Crippen molar-refractivity contribution >= 4 is 5.91 Å². The van der Waals surface area contributed by atoms with Crippen molar-refractivity contribution in [2.24, 2.45) is 0 Å². The van der Waals surface area contributed by atoms with Crippen molar-refractivity contribution in [3.8, 4) is 0 Å². The highest BCUT2D eigenvalue weighted by Gasteiger charge is 2.17. The van der Waals surface area contributed by atoms with Crippen molar-refractivity contribution in [3.63, 3.8) is 0 Å². The summed E-state index contributed by atoms with van der Waals surface area (Å²) in [6.45, 7) is 4.24. The molecular weight excluding hydrogens is 228 g/mol. The van der Waals surface area contributed by atoms with Gasteiger partial charge in [0.2, 0.25) is 5.91 Å². The van der Waals surface area contributed by atoms with E-state index in [9.17, 15) is 4.79 Å². The number of carbonyl (C=O) groups is 1. The van der Waals surface area contributed by atoms with E-state index in [-0.39, 0.29) is 11.9 Å². The molecule has 18 heavy (non-hydrogen) atoms. The molecule has 1 atom stereocenters. The lowest BCUT2D eigenvalue weighted by molar-refractivity contribution is -0.121. The summed E-state index contributed by atoms with van der Waals surface area (Å²) >= 11 is 0. The maximum atomic E-state index is 11.8. The molecule has 0 aromatic carbocycles. The van der Waals surface area contributed by atoms with Crippen molar-refractivity contribution in [2.45, 2.75) is 51.6 Å². The zero-order valence-corrected chi connectivity index (χ0v) is 11.2. The summed E-state index contributed by atoms with van der Waals surface area (Å²) in [5.41, 5.74) is 0. The summed E-state index contributed by atoms with van der Waals surface area (Å²) in [4.78, 5) is 11.8. The smallest absolute Gasteiger partial charge is 0.234 e. The first kappa shape index (κ1) is 13.1. The van der Waals surface area contributed by atoms with Crippen molar-refractivity contribution in [1.29, 1.82) is 0 Å². The number of hydrogen-bond donors (Lipinski definition) is 2. The van der Waals surface area contributed by atoms with Gasteiger partial charge < -0.3 is 15.1 Å². The fourth-order valence-electron chi connectivity index (χ4n) is 2.42. The highest BCUT2D eigenvalue weighted by Crippen LogP contribution is 2.17. The summed E-state index contributed by atoms with van der Waals surface area (Å²) in [7, 11) is 0. The van der Waals surface area contributed by atoms with Gasteiger partial charge in [0.05, 0.1) is 12.6 Å². The molecule has 1 aromatic heterocycles. The van der Waals surface area contributed by atoms with Gasteiger partial charge in [0.1, 0.15) is 11.5 Å². The van der Waals surface area contributed by atoms with Gasteiger partial charge in [-0.2, -0.15) is 0 Å². The lowest BCUT2D eigenvalue weighted by Crippen LogP contribution is -2.38. The Bertz CT molecular complexity index is 394. The molecule has 100 valence electrons. The normalized spacial score (nSPS) is 17.9. The van der Waals surface area contributed by atoms with Crippen LogP contribution < -0.4 is 10.6 Å². The van der Waals surface area contributed by atoms with Gasteiger partial charge >= 0.3 is 0 Å². The number of aryl methyl sites for hydroxylation is 1. The van der Waals surface area contributed by atoms with Gasteiger partial charge in [-0.15, -0.1) is 0 Å². The van der Waals surface area contributed by atoms with Crippen LogP contribution in [-0.2, 0) is 4.79 Å². The Morgan fingerprint density at radius 1 is 1.44 bits per heavy atom. The molecule has 0 radical (unpaired) electrons. The van der Waals surface area contributed by atoms with Gasteiger partial charge in [0.15, 0.2) is 0 Å². The maximum absolute atomic E-state index is 11.8. The van der Waals surface area contributed by atoms with E-state index >= 15 is 0 Å². The minimum Gasteiger partial charge on any atom is -0.464 e. The number of furan rings is 1. The highest BCUT2D eigenvalue weighted by atomic mass is 16.3. The molecule has 1 aliphatic carbocycles. The van der Waals surface area contributed by atoms with E-state index in [1.54, 1.807) is 0 Å². The van der Waals surface area contributed by atoms with E-state index < -0.39 is 0 Å². The molecule has 0 aliphatic heterocycles. The molecule has 1 unspecified atom stereocenters. The minimum atomic E-state index is -0.0726. The molecule has 1 aromatic rings. The first-order chi connectivity index (χ1) is 8.65. The molecule has 1 fully saturated rings. The molecule has 1 aliphatic rings. The first-order valence-electron chi connectivity index (χ1n) is 6.74. The number of hydrogen-bond acceptors (Lipinski definition) is 3. The molecule has 0 spiro atoms. The molecule has 4 heteroatoms. The zero-order valence-electron chi connectivity index (χ0n) is 11.2. The van der Waals surface area contributed by atoms with Crippen molar-refractivity contribution in [2.75, 3.05) is 6.54 Å². The molecule has 2 rings (SSSR count). The van der Waals surface area contributed by atoms with E-state index in [2.05, 4.69) is 10.6 Å². The van der Waals surface area contributed by atoms with Crippen LogP contribution in [0.4, 0.5) is 0 Å². The van der Waals surface area contributed by atoms with Gasteiger partial charge in [0.25, 0.3) is 0 Å². The Balaban J connectivity index is 1.73. The molecule has 1 heterocycles. The molecule has 1 amide bonds. The van der Waals surface area contributed by atoms with Crippen LogP contribution in [0.2, 0.25) is 0 Å². The van der Waals surface area contributed by atoms with E-state index in [1.165, 1.54) is 25.7 Å². The van der Waals surface area contributed by atoms with Gasteiger partial charge in [-0.3, -0.25) is 4.79 Å². The first-order valence-corrected chi connectivity index (χ1v) is 6.74. The van der Waals surface area contributed by atoms with Crippen molar-refractivity contribution in [3.05, 3.63) is 23.7 Å². The second-order valence-corrected chi connectivity index (χ2v) is 5.10. The Morgan fingerprint density at radius 2 is 2.17 bits per heavy atom. The van der Waals surface area contributed by atoms with Crippen LogP contribution in [0, 0.1) is 6.92 Å². The third kappa shape index (κ3) is 3.60. The monoisotopic (exact) mass is 250 g/mol. The third-order valence-electron chi connectivity index (χ3n) is 3.47. The van der Waals surface area contributed by atoms with Crippen LogP contribution in [0.15, 0.2) is 16.5 Å². The highest BCUT2D eigenvalue weighted by molar-refractivity contribution is 5.78. The number of nitrogens with one attached hydrogen (secondary N) is 2. The zero-order chi connectivity index (χ0) is 13.0. The summed E-state index contributed by atoms with van der Waals surface area (Å²) in [5, 5.41) is 6.24. The lowest BCUT2D eigenvalue weighted by Gasteiger charge is -2.14. The molecule has 0 saturated heterocycles. The second-order valence-electron chi connectivity index (χ2n) is 5.10. The van der Waals surface area contributed by atoms with Crippen LogP contribution in [0.3, 0.4) is 0 Å². The van der Waals surface area contributed by atoms with Gasteiger partial charge in [-0.25, -0.2) is 0 Å². The second kappa shape index (κ2) is 6.05. The third-order valence-corrected chi connectivity index (χ3v) is 3.47. The predicted molar refractivity (Wildman–Crippen MR) is 70.3 cm³/mol. The fraction of sp³-hybridized carbons (Fsp3) is 0.643. The van der Waals surface area contributed by atoms with Crippen molar-refractivity contribution in [1.82, 2.24) is 10.6 Å². The Hall–Kier alpha value is -1.29. The maximum Gasteiger partial charge on any atom is 0.234 e. The summed E-state index contributed by atoms with van der Waals surface area (Å²) in [6.07, 6.45) is 4.95. The van der Waals surface area contributed by atoms with Crippen LogP contribution in [0.1, 0.15) is 50.2 Å². The molecule has 2 N–H and O–H groups in total. The molecule has 4 nitrogen and oxygen atoms in total. The molecular formula is C14H22N2O2. The molecule has 1 saturated carbocycles. The lowest BCUT2D eigenvalue weighted by atomic mass is 10.2. The largest absolute Gasteiger partial charge is 0.464 e. The van der Waals surface area contributed by atoms with Gasteiger partial charge in [-0.05, 0) is 38.8 Å². The predicted octanol–water partition coefficient (Wildman–Crippen LogP) is 2.30. The van der Waals surface area contributed by atoms with Crippen LogP contribution in [0.5, 0.6) is 0 Å². The minimum absolute atomic E-state index is 0.0310. The quantitative estimate of drug-likeness (QED) is 0.843. The summed E-state index contributed by atoms with van der Waals surface area (Å²) in [5.74, 6) is 1.71. The van der Waals surface area contributed by atoms with Gasteiger partial charge in [0, 0.05) is 6.04 Å².